The zero-order chi connectivity index (χ0) is 18.3. The number of nitrogens with one attached hydrogen (secondary N) is 1. The molecule has 1 atom stereocenters. The quantitative estimate of drug-likeness (QED) is 0.862. The predicted octanol–water partition coefficient (Wildman–Crippen LogP) is 0.887. The molecule has 1 N–H and O–H groups in total. The molecule has 0 aliphatic carbocycles. The van der Waals surface area contributed by atoms with E-state index in [2.05, 4.69) is 34.3 Å². The van der Waals surface area contributed by atoms with Gasteiger partial charge in [-0.3, -0.25) is 14.2 Å². The molecular weight excluding hydrogens is 332 g/mol. The molecule has 8 heteroatoms. The molecule has 1 unspecified atom stereocenters. The van der Waals surface area contributed by atoms with Crippen molar-refractivity contribution in [3.05, 3.63) is 5.82 Å². The Kier molecular flexibility index (Phi) is 4.36. The number of carbonyl (C=O) groups is 2. The Balaban J connectivity index is 1.60. The maximum Gasteiger partial charge on any atom is 0.291 e. The van der Waals surface area contributed by atoms with E-state index in [9.17, 15) is 9.59 Å². The molecule has 3 saturated heterocycles. The van der Waals surface area contributed by atoms with Crippen LogP contribution in [0.25, 0.3) is 0 Å². The Bertz CT molecular complexity index is 709. The molecule has 1 aromatic rings. The number of likely N-dealkylation sites (tertiary alicyclic amines) is 1. The van der Waals surface area contributed by atoms with Crippen LogP contribution < -0.4 is 10.2 Å². The smallest absolute Gasteiger partial charge is 0.291 e. The van der Waals surface area contributed by atoms with Gasteiger partial charge in [-0.2, -0.15) is 0 Å². The van der Waals surface area contributed by atoms with Gasteiger partial charge in [-0.25, -0.2) is 0 Å². The van der Waals surface area contributed by atoms with E-state index < -0.39 is 0 Å². The predicted molar refractivity (Wildman–Crippen MR) is 96.9 cm³/mol. The van der Waals surface area contributed by atoms with Crippen molar-refractivity contribution < 1.29 is 9.59 Å². The molecule has 26 heavy (non-hydrogen) atoms. The lowest BCUT2D eigenvalue weighted by Crippen LogP contribution is -2.33. The summed E-state index contributed by atoms with van der Waals surface area (Å²) >= 11 is 0. The van der Waals surface area contributed by atoms with Crippen molar-refractivity contribution >= 4 is 17.8 Å². The molecular formula is C18H28N6O2. The van der Waals surface area contributed by atoms with E-state index in [-0.39, 0.29) is 17.2 Å². The lowest BCUT2D eigenvalue weighted by molar-refractivity contribution is -0.119. The zero-order valence-corrected chi connectivity index (χ0v) is 15.7. The molecule has 3 aliphatic rings. The van der Waals surface area contributed by atoms with Crippen LogP contribution in [0.5, 0.6) is 0 Å². The third-order valence-corrected chi connectivity index (χ3v) is 5.78. The second kappa shape index (κ2) is 6.55. The zero-order valence-electron chi connectivity index (χ0n) is 15.7. The monoisotopic (exact) mass is 360 g/mol. The highest BCUT2D eigenvalue weighted by atomic mass is 16.2. The van der Waals surface area contributed by atoms with Gasteiger partial charge >= 0.3 is 0 Å². The minimum atomic E-state index is -0.00600. The van der Waals surface area contributed by atoms with Crippen molar-refractivity contribution in [1.29, 1.82) is 0 Å². The summed E-state index contributed by atoms with van der Waals surface area (Å²) in [5.74, 6) is 1.75. The van der Waals surface area contributed by atoms with Crippen LogP contribution in [0, 0.1) is 11.3 Å². The molecule has 142 valence electrons. The van der Waals surface area contributed by atoms with Crippen LogP contribution in [0.3, 0.4) is 0 Å². The summed E-state index contributed by atoms with van der Waals surface area (Å²) in [6.07, 6.45) is 3.68. The topological polar surface area (TPSA) is 83.4 Å². The maximum atomic E-state index is 12.9. The van der Waals surface area contributed by atoms with Crippen molar-refractivity contribution in [3.8, 4) is 0 Å². The third kappa shape index (κ3) is 3.05. The van der Waals surface area contributed by atoms with Crippen molar-refractivity contribution in [2.75, 3.05) is 37.6 Å². The SMILES string of the molecule is CC(C)Cn1c(C(=O)N2CCCC2)nnc1N1CCC2(CNC(=O)C2)C1. The standard InChI is InChI=1S/C18H28N6O2/c1-13(2)10-24-15(16(26)22-6-3-4-7-22)20-21-17(24)23-8-5-18(12-23)9-14(25)19-11-18/h13H,3-12H2,1-2H3,(H,19,25). The first kappa shape index (κ1) is 17.3. The van der Waals surface area contributed by atoms with Crippen LogP contribution in [0.4, 0.5) is 5.95 Å². The van der Waals surface area contributed by atoms with E-state index in [0.717, 1.165) is 64.5 Å². The van der Waals surface area contributed by atoms with Crippen molar-refractivity contribution in [2.45, 2.75) is 46.1 Å². The first-order valence-electron chi connectivity index (χ1n) is 9.72. The number of nitrogens with zero attached hydrogens (tertiary/aromatic N) is 5. The highest BCUT2D eigenvalue weighted by molar-refractivity contribution is 5.91. The molecule has 3 aliphatic heterocycles. The van der Waals surface area contributed by atoms with Crippen molar-refractivity contribution in [1.82, 2.24) is 25.0 Å². The van der Waals surface area contributed by atoms with Crippen LogP contribution in [-0.4, -0.2) is 64.2 Å². The number of aromatic nitrogens is 3. The van der Waals surface area contributed by atoms with Crippen molar-refractivity contribution in [2.24, 2.45) is 11.3 Å². The van der Waals surface area contributed by atoms with E-state index >= 15 is 0 Å². The van der Waals surface area contributed by atoms with Crippen molar-refractivity contribution in [3.63, 3.8) is 0 Å². The Labute approximate surface area is 153 Å². The van der Waals surface area contributed by atoms with Gasteiger partial charge in [0.1, 0.15) is 0 Å². The van der Waals surface area contributed by atoms with E-state index in [4.69, 9.17) is 0 Å². The summed E-state index contributed by atoms with van der Waals surface area (Å²) in [4.78, 5) is 28.7. The summed E-state index contributed by atoms with van der Waals surface area (Å²) in [5, 5.41) is 11.7. The average Bonchev–Trinajstić information content (AvgIpc) is 3.36. The van der Waals surface area contributed by atoms with Gasteiger partial charge in [0.2, 0.25) is 17.7 Å². The van der Waals surface area contributed by atoms with E-state index in [0.29, 0.717) is 18.2 Å². The Hall–Kier alpha value is -2.12. The fraction of sp³-hybridized carbons (Fsp3) is 0.778. The number of carbonyl (C=O) groups excluding carboxylic acids is 2. The number of hydrogen-bond acceptors (Lipinski definition) is 5. The van der Waals surface area contributed by atoms with Crippen LogP contribution in [-0.2, 0) is 11.3 Å². The lowest BCUT2D eigenvalue weighted by Gasteiger charge is -2.24. The summed E-state index contributed by atoms with van der Waals surface area (Å²) in [6, 6.07) is 0. The average molecular weight is 360 g/mol. The summed E-state index contributed by atoms with van der Waals surface area (Å²) in [5.41, 5.74) is 0.00478. The minimum absolute atomic E-state index is 0.00478. The molecule has 1 aromatic heterocycles. The summed E-state index contributed by atoms with van der Waals surface area (Å²) < 4.78 is 1.99. The summed E-state index contributed by atoms with van der Waals surface area (Å²) in [6.45, 7) is 8.99. The molecule has 8 nitrogen and oxygen atoms in total. The molecule has 0 saturated carbocycles. The number of anilines is 1. The molecule has 4 heterocycles. The van der Waals surface area contributed by atoms with E-state index in [1.807, 2.05) is 9.47 Å². The normalized spacial score (nSPS) is 25.7. The Morgan fingerprint density at radius 1 is 1.23 bits per heavy atom. The van der Waals surface area contributed by atoms with Gasteiger partial charge < -0.3 is 15.1 Å². The Morgan fingerprint density at radius 3 is 2.65 bits per heavy atom. The first-order valence-corrected chi connectivity index (χ1v) is 9.72. The fourth-order valence-corrected chi connectivity index (χ4v) is 4.43. The van der Waals surface area contributed by atoms with Gasteiger partial charge in [0.25, 0.3) is 5.91 Å². The number of hydrogen-bond donors (Lipinski definition) is 1. The highest BCUT2D eigenvalue weighted by Gasteiger charge is 2.45. The van der Waals surface area contributed by atoms with Gasteiger partial charge in [0, 0.05) is 51.1 Å². The van der Waals surface area contributed by atoms with Gasteiger partial charge in [-0.05, 0) is 25.2 Å². The van der Waals surface area contributed by atoms with Crippen LogP contribution in [0.1, 0.15) is 50.1 Å². The van der Waals surface area contributed by atoms with Crippen LogP contribution >= 0.6 is 0 Å². The lowest BCUT2D eigenvalue weighted by atomic mass is 9.86. The van der Waals surface area contributed by atoms with Gasteiger partial charge in [0.05, 0.1) is 0 Å². The molecule has 3 fully saturated rings. The van der Waals surface area contributed by atoms with Gasteiger partial charge in [-0.1, -0.05) is 13.8 Å². The van der Waals surface area contributed by atoms with Crippen LogP contribution in [0.15, 0.2) is 0 Å². The van der Waals surface area contributed by atoms with E-state index in [1.165, 1.54) is 0 Å². The van der Waals surface area contributed by atoms with Gasteiger partial charge in [-0.15, -0.1) is 10.2 Å². The highest BCUT2D eigenvalue weighted by Crippen LogP contribution is 2.38. The minimum Gasteiger partial charge on any atom is -0.355 e. The molecule has 0 aromatic carbocycles. The largest absolute Gasteiger partial charge is 0.355 e. The molecule has 0 bridgehead atoms. The summed E-state index contributed by atoms with van der Waals surface area (Å²) in [7, 11) is 0. The number of rotatable bonds is 4. The molecule has 4 rings (SSSR count). The van der Waals surface area contributed by atoms with Gasteiger partial charge in [0.15, 0.2) is 0 Å². The fourth-order valence-electron chi connectivity index (χ4n) is 4.43. The van der Waals surface area contributed by atoms with E-state index in [1.54, 1.807) is 0 Å². The molecule has 2 amide bonds. The molecule has 0 radical (unpaired) electrons. The maximum absolute atomic E-state index is 12.9. The number of amides is 2. The second-order valence-electron chi connectivity index (χ2n) is 8.45. The van der Waals surface area contributed by atoms with Crippen LogP contribution in [0.2, 0.25) is 0 Å². The molecule has 1 spiro atoms. The Morgan fingerprint density at radius 2 is 2.00 bits per heavy atom. The second-order valence-corrected chi connectivity index (χ2v) is 8.45. The third-order valence-electron chi connectivity index (χ3n) is 5.78. The first-order chi connectivity index (χ1) is 12.5.